The number of hydrogen-bond acceptors (Lipinski definition) is 4. The zero-order valence-electron chi connectivity index (χ0n) is 22.3. The van der Waals surface area contributed by atoms with Gasteiger partial charge in [0, 0.05) is 17.3 Å². The Bertz CT molecular complexity index is 1580. The second kappa shape index (κ2) is 9.89. The molecule has 2 atom stereocenters. The Morgan fingerprint density at radius 1 is 0.707 bits per heavy atom. The van der Waals surface area contributed by atoms with E-state index in [4.69, 9.17) is 11.6 Å². The van der Waals surface area contributed by atoms with Crippen LogP contribution in [0.5, 0.6) is 0 Å². The van der Waals surface area contributed by atoms with Gasteiger partial charge in [-0.05, 0) is 72.7 Å². The van der Waals surface area contributed by atoms with E-state index in [1.165, 1.54) is 15.4 Å². The van der Waals surface area contributed by atoms with Crippen LogP contribution >= 0.6 is 11.6 Å². The number of urea groups is 1. The van der Waals surface area contributed by atoms with Gasteiger partial charge in [-0.2, -0.15) is 0 Å². The molecule has 4 aromatic rings. The SMILES string of the molecule is O=C1N(c2ccccc2)C(=O)C2(Cc3ccc(Cl)cc3N3CCC(c4ccccc4)CC32)C(=O)N1c1ccccc1. The number of benzene rings is 4. The van der Waals surface area contributed by atoms with Crippen molar-refractivity contribution in [2.75, 3.05) is 21.2 Å². The molecule has 0 radical (unpaired) electrons. The van der Waals surface area contributed by atoms with Gasteiger partial charge in [0.15, 0.2) is 5.41 Å². The molecule has 204 valence electrons. The van der Waals surface area contributed by atoms with Crippen molar-refractivity contribution >= 4 is 46.5 Å². The van der Waals surface area contributed by atoms with Crippen molar-refractivity contribution in [2.24, 2.45) is 5.41 Å². The van der Waals surface area contributed by atoms with E-state index in [9.17, 15) is 14.4 Å². The monoisotopic (exact) mass is 561 g/mol. The topological polar surface area (TPSA) is 60.9 Å². The summed E-state index contributed by atoms with van der Waals surface area (Å²) in [6, 6.07) is 32.6. The van der Waals surface area contributed by atoms with Gasteiger partial charge in [0.1, 0.15) is 0 Å². The summed E-state index contributed by atoms with van der Waals surface area (Å²) in [6.07, 6.45) is 1.64. The molecule has 0 aromatic heterocycles. The van der Waals surface area contributed by atoms with Crippen molar-refractivity contribution in [1.29, 1.82) is 0 Å². The first-order chi connectivity index (χ1) is 20.0. The van der Waals surface area contributed by atoms with Gasteiger partial charge in [-0.3, -0.25) is 9.59 Å². The number of amides is 4. The smallest absolute Gasteiger partial charge is 0.342 e. The zero-order valence-corrected chi connectivity index (χ0v) is 23.1. The third-order valence-corrected chi connectivity index (χ3v) is 9.08. The Morgan fingerprint density at radius 3 is 1.85 bits per heavy atom. The van der Waals surface area contributed by atoms with Gasteiger partial charge in [0.25, 0.3) is 11.8 Å². The van der Waals surface area contributed by atoms with Gasteiger partial charge in [0.2, 0.25) is 0 Å². The van der Waals surface area contributed by atoms with Crippen LogP contribution in [0.15, 0.2) is 109 Å². The predicted molar refractivity (Wildman–Crippen MR) is 160 cm³/mol. The van der Waals surface area contributed by atoms with Crippen LogP contribution in [0.4, 0.5) is 21.9 Å². The molecule has 2 fully saturated rings. The second-order valence-electron chi connectivity index (χ2n) is 11.0. The number of barbiturate groups is 1. The van der Waals surface area contributed by atoms with Gasteiger partial charge in [0.05, 0.1) is 17.4 Å². The number of piperidine rings is 1. The summed E-state index contributed by atoms with van der Waals surface area (Å²) < 4.78 is 0. The molecule has 4 amide bonds. The standard InChI is InChI=1S/C34H28ClN3O3/c35-26-17-16-25-22-34(30-20-24(23-10-4-1-5-11-23)18-19-36(30)29(25)21-26)31(39)37(27-12-6-2-7-13-27)33(41)38(32(34)40)28-14-8-3-9-15-28/h1-17,21,24,30H,18-20,22H2. The number of para-hydroxylation sites is 2. The molecular weight excluding hydrogens is 534 g/mol. The molecule has 0 bridgehead atoms. The highest BCUT2D eigenvalue weighted by molar-refractivity contribution is 6.39. The third kappa shape index (κ3) is 3.97. The van der Waals surface area contributed by atoms with E-state index >= 15 is 0 Å². The highest BCUT2D eigenvalue weighted by Crippen LogP contribution is 2.52. The normalized spacial score (nSPS) is 21.6. The summed E-state index contributed by atoms with van der Waals surface area (Å²) in [7, 11) is 0. The number of hydrogen-bond donors (Lipinski definition) is 0. The number of rotatable bonds is 3. The van der Waals surface area contributed by atoms with E-state index < -0.39 is 29.3 Å². The number of carbonyl (C=O) groups is 3. The molecule has 0 saturated carbocycles. The second-order valence-corrected chi connectivity index (χ2v) is 11.4. The lowest BCUT2D eigenvalue weighted by atomic mass is 9.63. The summed E-state index contributed by atoms with van der Waals surface area (Å²) in [5.41, 5.74) is 2.38. The summed E-state index contributed by atoms with van der Waals surface area (Å²) in [5, 5.41) is 0.608. The van der Waals surface area contributed by atoms with E-state index in [0.717, 1.165) is 17.7 Å². The molecule has 3 aliphatic heterocycles. The number of nitrogens with zero attached hydrogens (tertiary/aromatic N) is 3. The number of anilines is 3. The van der Waals surface area contributed by atoms with Gasteiger partial charge in [-0.25, -0.2) is 14.6 Å². The molecule has 7 heteroatoms. The van der Waals surface area contributed by atoms with Gasteiger partial charge in [-0.15, -0.1) is 0 Å². The maximum Gasteiger partial charge on any atom is 0.342 e. The average Bonchev–Trinajstić information content (AvgIpc) is 3.01. The van der Waals surface area contributed by atoms with Crippen molar-refractivity contribution in [1.82, 2.24) is 0 Å². The minimum atomic E-state index is -1.52. The molecule has 3 heterocycles. The summed E-state index contributed by atoms with van der Waals surface area (Å²) in [5.74, 6) is -0.797. The van der Waals surface area contributed by atoms with Crippen molar-refractivity contribution in [3.8, 4) is 0 Å². The lowest BCUT2D eigenvalue weighted by Gasteiger charge is -2.56. The Morgan fingerprint density at radius 2 is 1.27 bits per heavy atom. The van der Waals surface area contributed by atoms with Crippen LogP contribution in [0.3, 0.4) is 0 Å². The fraction of sp³-hybridized carbons (Fsp3) is 0.206. The highest BCUT2D eigenvalue weighted by atomic mass is 35.5. The lowest BCUT2D eigenvalue weighted by molar-refractivity contribution is -0.143. The minimum absolute atomic E-state index is 0.156. The first kappa shape index (κ1) is 25.5. The van der Waals surface area contributed by atoms with Crippen molar-refractivity contribution < 1.29 is 14.4 Å². The minimum Gasteiger partial charge on any atom is -0.367 e. The van der Waals surface area contributed by atoms with E-state index in [2.05, 4.69) is 17.0 Å². The van der Waals surface area contributed by atoms with Crippen LogP contribution in [-0.4, -0.2) is 30.4 Å². The van der Waals surface area contributed by atoms with Crippen LogP contribution in [0, 0.1) is 5.41 Å². The molecule has 41 heavy (non-hydrogen) atoms. The van der Waals surface area contributed by atoms with Crippen LogP contribution in [-0.2, 0) is 16.0 Å². The van der Waals surface area contributed by atoms with Crippen LogP contribution in [0.25, 0.3) is 0 Å². The first-order valence-corrected chi connectivity index (χ1v) is 14.3. The van der Waals surface area contributed by atoms with Gasteiger partial charge in [-0.1, -0.05) is 84.4 Å². The molecule has 2 unspecified atom stereocenters. The van der Waals surface area contributed by atoms with Gasteiger partial charge < -0.3 is 4.90 Å². The zero-order chi connectivity index (χ0) is 28.1. The van der Waals surface area contributed by atoms with Crippen LogP contribution in [0.2, 0.25) is 5.02 Å². The largest absolute Gasteiger partial charge is 0.367 e. The summed E-state index contributed by atoms with van der Waals surface area (Å²) >= 11 is 6.47. The maximum atomic E-state index is 14.9. The molecule has 3 aliphatic rings. The molecule has 4 aromatic carbocycles. The Labute approximate surface area is 243 Å². The maximum absolute atomic E-state index is 14.9. The number of fused-ring (bicyclic) bond motifs is 4. The molecule has 2 saturated heterocycles. The third-order valence-electron chi connectivity index (χ3n) is 8.85. The fourth-order valence-electron chi connectivity index (χ4n) is 6.93. The summed E-state index contributed by atoms with van der Waals surface area (Å²) in [6.45, 7) is 0.657. The molecule has 7 rings (SSSR count). The highest BCUT2D eigenvalue weighted by Gasteiger charge is 2.65. The van der Waals surface area contributed by atoms with Crippen molar-refractivity contribution in [3.63, 3.8) is 0 Å². The predicted octanol–water partition coefficient (Wildman–Crippen LogP) is 6.84. The average molecular weight is 562 g/mol. The Hall–Kier alpha value is -4.42. The van der Waals surface area contributed by atoms with E-state index in [1.54, 1.807) is 54.6 Å². The molecule has 0 aliphatic carbocycles. The summed E-state index contributed by atoms with van der Waals surface area (Å²) in [4.78, 5) is 48.5. The van der Waals surface area contributed by atoms with E-state index in [1.807, 2.05) is 42.5 Å². The molecule has 1 spiro atoms. The van der Waals surface area contributed by atoms with E-state index in [-0.39, 0.29) is 12.3 Å². The van der Waals surface area contributed by atoms with Crippen LogP contribution < -0.4 is 14.7 Å². The first-order valence-electron chi connectivity index (χ1n) is 13.9. The Balaban J connectivity index is 1.45. The molecule has 0 N–H and O–H groups in total. The van der Waals surface area contributed by atoms with Crippen LogP contribution in [0.1, 0.15) is 29.9 Å². The van der Waals surface area contributed by atoms with E-state index in [0.29, 0.717) is 29.4 Å². The fourth-order valence-corrected chi connectivity index (χ4v) is 7.10. The number of carbonyl (C=O) groups excluding carboxylic acids is 3. The number of halogens is 1. The quantitative estimate of drug-likeness (QED) is 0.257. The van der Waals surface area contributed by atoms with Crippen molar-refractivity contribution in [2.45, 2.75) is 31.2 Å². The molecule has 6 nitrogen and oxygen atoms in total. The van der Waals surface area contributed by atoms with Crippen molar-refractivity contribution in [3.05, 3.63) is 125 Å². The Kier molecular flexibility index (Phi) is 6.16. The number of imide groups is 2. The molecular formula is C34H28ClN3O3. The van der Waals surface area contributed by atoms with Gasteiger partial charge >= 0.3 is 6.03 Å². The lowest BCUT2D eigenvalue weighted by Crippen LogP contribution is -2.74.